The molecular weight excluding hydrogens is 642 g/mol. The average molecular weight is 692 g/mol. The number of carbonyl (C=O) groups excluding carboxylic acids is 1. The Balaban J connectivity index is 1.26. The minimum absolute atomic E-state index is 0.00319. The van der Waals surface area contributed by atoms with Gasteiger partial charge < -0.3 is 24.7 Å². The lowest BCUT2D eigenvalue weighted by Gasteiger charge is -2.38. The Kier molecular flexibility index (Phi) is 11.8. The predicted molar refractivity (Wildman–Crippen MR) is 201 cm³/mol. The van der Waals surface area contributed by atoms with Crippen LogP contribution in [0.5, 0.6) is 11.5 Å². The summed E-state index contributed by atoms with van der Waals surface area (Å²) in [4.78, 5) is 36.5. The highest BCUT2D eigenvalue weighted by Crippen LogP contribution is 2.38. The van der Waals surface area contributed by atoms with Crippen LogP contribution in [0.4, 0.5) is 0 Å². The number of nitrogens with zero attached hydrogens (tertiary/aromatic N) is 6. The summed E-state index contributed by atoms with van der Waals surface area (Å²) in [7, 11) is 6.78. The Labute approximate surface area is 300 Å². The number of allylic oxidation sites excluding steroid dienone is 2. The van der Waals surface area contributed by atoms with Crippen LogP contribution in [0.25, 0.3) is 11.1 Å². The zero-order valence-corrected chi connectivity index (χ0v) is 30.8. The summed E-state index contributed by atoms with van der Waals surface area (Å²) in [5, 5.41) is 9.74. The highest BCUT2D eigenvalue weighted by molar-refractivity contribution is 5.98. The summed E-state index contributed by atoms with van der Waals surface area (Å²) < 4.78 is 13.4. The number of aliphatic imine (C=N–C) groups is 1. The summed E-state index contributed by atoms with van der Waals surface area (Å²) >= 11 is 0. The van der Waals surface area contributed by atoms with Gasteiger partial charge in [0.1, 0.15) is 23.1 Å². The monoisotopic (exact) mass is 691 g/mol. The largest absolute Gasteiger partial charge is 0.496 e. The number of aryl methyl sites for hydroxylation is 1. The van der Waals surface area contributed by atoms with Crippen LogP contribution in [0.2, 0.25) is 0 Å². The molecular formula is C40H49N7O4. The molecule has 1 unspecified atom stereocenters. The molecule has 51 heavy (non-hydrogen) atoms. The zero-order valence-electron chi connectivity index (χ0n) is 30.8. The van der Waals surface area contributed by atoms with Gasteiger partial charge in [0.05, 0.1) is 25.8 Å². The molecule has 0 spiro atoms. The smallest absolute Gasteiger partial charge is 0.265 e. The number of aromatic nitrogens is 1. The number of pyridine rings is 1. The van der Waals surface area contributed by atoms with Crippen molar-refractivity contribution in [2.45, 2.75) is 46.3 Å². The fourth-order valence-electron chi connectivity index (χ4n) is 7.17. The standard InChI is InChI=1S/C40H49N7O4/c1-26-27(2)39(48)44(5)24-35(26)30-20-37(50-6)36(38(21-30)51-7)25-46-17-15-45(16-18-46)23-29-9-8-10-33-28(3)47(14-12-34(29)33)40(49)31(22-41)19-32(42)11-13-43-4/h8-11,13,19-21,24,28H,12,14-18,23,25,42H2,1-7H3/b31-19+,32-11-,43-13?. The van der Waals surface area contributed by atoms with Crippen molar-refractivity contribution < 1.29 is 14.3 Å². The van der Waals surface area contributed by atoms with E-state index in [-0.39, 0.29) is 23.1 Å². The van der Waals surface area contributed by atoms with Gasteiger partial charge in [-0.3, -0.25) is 24.4 Å². The maximum atomic E-state index is 13.4. The number of hydrogen-bond donors (Lipinski definition) is 1. The molecule has 0 bridgehead atoms. The fourth-order valence-corrected chi connectivity index (χ4v) is 7.17. The van der Waals surface area contributed by atoms with E-state index in [4.69, 9.17) is 15.2 Å². The Morgan fingerprint density at radius 1 is 1.04 bits per heavy atom. The second-order valence-electron chi connectivity index (χ2n) is 13.3. The normalized spacial score (nSPS) is 17.4. The Morgan fingerprint density at radius 3 is 2.29 bits per heavy atom. The molecule has 1 aromatic heterocycles. The molecule has 1 saturated heterocycles. The molecule has 1 amide bonds. The maximum Gasteiger partial charge on any atom is 0.265 e. The molecule has 2 aliphatic rings. The van der Waals surface area contributed by atoms with E-state index in [2.05, 4.69) is 33.0 Å². The first-order valence-corrected chi connectivity index (χ1v) is 17.3. The zero-order chi connectivity index (χ0) is 36.8. The van der Waals surface area contributed by atoms with Crippen molar-refractivity contribution in [3.63, 3.8) is 0 Å². The fraction of sp³-hybridized carbons (Fsp3) is 0.400. The molecule has 11 heteroatoms. The number of piperazine rings is 1. The van der Waals surface area contributed by atoms with Crippen molar-refractivity contribution in [3.05, 3.63) is 104 Å². The molecule has 1 atom stereocenters. The Morgan fingerprint density at radius 2 is 1.69 bits per heavy atom. The molecule has 3 aromatic rings. The van der Waals surface area contributed by atoms with E-state index in [1.165, 1.54) is 23.4 Å². The molecule has 268 valence electrons. The van der Waals surface area contributed by atoms with Crippen LogP contribution >= 0.6 is 0 Å². The predicted octanol–water partition coefficient (Wildman–Crippen LogP) is 4.44. The lowest BCUT2D eigenvalue weighted by molar-refractivity contribution is -0.129. The number of nitrogens with two attached hydrogens (primary N) is 1. The van der Waals surface area contributed by atoms with Crippen molar-refractivity contribution in [2.24, 2.45) is 17.8 Å². The molecule has 0 radical (unpaired) electrons. The van der Waals surface area contributed by atoms with Gasteiger partial charge in [-0.25, -0.2) is 0 Å². The van der Waals surface area contributed by atoms with E-state index in [0.29, 0.717) is 18.8 Å². The molecule has 5 rings (SSSR count). The number of fused-ring (bicyclic) bond motifs is 1. The number of benzene rings is 2. The van der Waals surface area contributed by atoms with Crippen LogP contribution in [0.1, 0.15) is 46.3 Å². The van der Waals surface area contributed by atoms with Crippen LogP contribution < -0.4 is 20.8 Å². The van der Waals surface area contributed by atoms with E-state index in [1.807, 2.05) is 45.2 Å². The van der Waals surface area contributed by atoms with Crippen molar-refractivity contribution in [3.8, 4) is 28.7 Å². The topological polar surface area (TPSA) is 129 Å². The maximum absolute atomic E-state index is 13.4. The first kappa shape index (κ1) is 37.1. The highest BCUT2D eigenvalue weighted by Gasteiger charge is 2.31. The lowest BCUT2D eigenvalue weighted by atomic mass is 9.89. The molecule has 0 aliphatic carbocycles. The third-order valence-corrected chi connectivity index (χ3v) is 10.3. The Bertz CT molecular complexity index is 1950. The van der Waals surface area contributed by atoms with Gasteiger partial charge in [-0.1, -0.05) is 18.2 Å². The van der Waals surface area contributed by atoms with E-state index >= 15 is 0 Å². The van der Waals surface area contributed by atoms with Gasteiger partial charge in [-0.15, -0.1) is 0 Å². The van der Waals surface area contributed by atoms with Gasteiger partial charge >= 0.3 is 0 Å². The van der Waals surface area contributed by atoms with Gasteiger partial charge in [0.15, 0.2) is 0 Å². The number of hydrogen-bond acceptors (Lipinski definition) is 9. The third kappa shape index (κ3) is 7.93. The summed E-state index contributed by atoms with van der Waals surface area (Å²) in [6.07, 6.45) is 7.11. The summed E-state index contributed by atoms with van der Waals surface area (Å²) in [6, 6.07) is 12.3. The highest BCUT2D eigenvalue weighted by atomic mass is 16.5. The lowest BCUT2D eigenvalue weighted by Crippen LogP contribution is -2.45. The van der Waals surface area contributed by atoms with Crippen molar-refractivity contribution >= 4 is 12.1 Å². The van der Waals surface area contributed by atoms with Crippen LogP contribution in [0, 0.1) is 25.2 Å². The number of rotatable bonds is 10. The van der Waals surface area contributed by atoms with Crippen LogP contribution in [0.3, 0.4) is 0 Å². The van der Waals surface area contributed by atoms with E-state index in [9.17, 15) is 14.9 Å². The van der Waals surface area contributed by atoms with Crippen molar-refractivity contribution in [1.82, 2.24) is 19.3 Å². The number of methoxy groups -OCH3 is 2. The summed E-state index contributed by atoms with van der Waals surface area (Å²) in [5.41, 5.74) is 14.6. The first-order chi connectivity index (χ1) is 24.5. The van der Waals surface area contributed by atoms with Gasteiger partial charge in [0.25, 0.3) is 11.5 Å². The molecule has 2 N–H and O–H groups in total. The quantitative estimate of drug-likeness (QED) is 0.143. The molecule has 2 aromatic carbocycles. The SMILES string of the molecule is CN=C/C=C(N)/C=C(\C#N)C(=O)N1CCc2c(CN3CCN(Cc4c(OC)cc(-c5cn(C)c(=O)c(C)c5C)cc4OC)CC3)cccc2C1C. The van der Waals surface area contributed by atoms with Crippen LogP contribution in [-0.4, -0.2) is 85.4 Å². The number of carbonyl (C=O) groups is 1. The molecule has 1 fully saturated rings. The second-order valence-corrected chi connectivity index (χ2v) is 13.3. The van der Waals surface area contributed by atoms with Gasteiger partial charge in [-0.05, 0) is 79.3 Å². The number of ether oxygens (including phenoxy) is 2. The first-order valence-electron chi connectivity index (χ1n) is 17.3. The summed E-state index contributed by atoms with van der Waals surface area (Å²) in [6.45, 7) is 11.5. The molecule has 3 heterocycles. The van der Waals surface area contributed by atoms with Gasteiger partial charge in [0, 0.05) is 89.1 Å². The van der Waals surface area contributed by atoms with E-state index < -0.39 is 0 Å². The second kappa shape index (κ2) is 16.2. The molecule has 11 nitrogen and oxygen atoms in total. The van der Waals surface area contributed by atoms with Crippen molar-refractivity contribution in [1.29, 1.82) is 5.26 Å². The van der Waals surface area contributed by atoms with Crippen molar-refractivity contribution in [2.75, 3.05) is 54.0 Å². The van der Waals surface area contributed by atoms with Gasteiger partial charge in [-0.2, -0.15) is 5.26 Å². The molecule has 2 aliphatic heterocycles. The summed E-state index contributed by atoms with van der Waals surface area (Å²) in [5.74, 6) is 1.21. The van der Waals surface area contributed by atoms with E-state index in [1.54, 1.807) is 43.9 Å². The van der Waals surface area contributed by atoms with Crippen LogP contribution in [-0.2, 0) is 31.4 Å². The van der Waals surface area contributed by atoms with E-state index in [0.717, 1.165) is 84.0 Å². The minimum Gasteiger partial charge on any atom is -0.496 e. The third-order valence-electron chi connectivity index (χ3n) is 10.3. The number of amides is 1. The van der Waals surface area contributed by atoms with Crippen LogP contribution in [0.15, 0.2) is 69.7 Å². The Hall–Kier alpha value is -5.18. The minimum atomic E-state index is -0.318. The number of nitriles is 1. The molecule has 0 saturated carbocycles. The van der Waals surface area contributed by atoms with Gasteiger partial charge in [0.2, 0.25) is 0 Å². The average Bonchev–Trinajstić information content (AvgIpc) is 3.14.